The number of allylic oxidation sites excluding steroid dienone is 1. The Kier molecular flexibility index (Phi) is 4.59. The van der Waals surface area contributed by atoms with Gasteiger partial charge >= 0.3 is 5.97 Å². The number of ether oxygens (including phenoxy) is 1. The molecule has 0 radical (unpaired) electrons. The molecule has 0 atom stereocenters. The predicted molar refractivity (Wildman–Crippen MR) is 65.0 cm³/mol. The maximum atomic E-state index is 13.2. The van der Waals surface area contributed by atoms with Crippen LogP contribution in [0.2, 0.25) is 0 Å². The van der Waals surface area contributed by atoms with Gasteiger partial charge in [0.1, 0.15) is 17.2 Å². The van der Waals surface area contributed by atoms with Crippen LogP contribution in [0.3, 0.4) is 0 Å². The predicted octanol–water partition coefficient (Wildman–Crippen LogP) is 3.41. The molecule has 0 aromatic heterocycles. The lowest BCUT2D eigenvalue weighted by molar-refractivity contribution is -0.148. The second-order valence-corrected chi connectivity index (χ2v) is 4.88. The molecule has 0 aliphatic rings. The fourth-order valence-corrected chi connectivity index (χ4v) is 1.32. The Morgan fingerprint density at radius 1 is 1.33 bits per heavy atom. The summed E-state index contributed by atoms with van der Waals surface area (Å²) in [5.74, 6) is -1.50. The minimum Gasteiger partial charge on any atom is -0.457 e. The Balaban J connectivity index is 2.60. The van der Waals surface area contributed by atoms with Crippen molar-refractivity contribution in [2.75, 3.05) is 0 Å². The zero-order chi connectivity index (χ0) is 13.8. The van der Waals surface area contributed by atoms with E-state index in [-0.39, 0.29) is 12.0 Å². The molecule has 0 heterocycles. The highest BCUT2D eigenvalue weighted by Crippen LogP contribution is 2.11. The van der Waals surface area contributed by atoms with Crippen LogP contribution in [0, 0.1) is 11.6 Å². The molecule has 0 spiro atoms. The number of carbonyl (C=O) groups is 1. The highest BCUT2D eigenvalue weighted by Gasteiger charge is 2.13. The largest absolute Gasteiger partial charge is 0.457 e. The first-order valence-corrected chi connectivity index (χ1v) is 5.61. The summed E-state index contributed by atoms with van der Waals surface area (Å²) in [4.78, 5) is 11.3. The van der Waals surface area contributed by atoms with Crippen molar-refractivity contribution in [3.05, 3.63) is 47.5 Å². The van der Waals surface area contributed by atoms with E-state index in [1.54, 1.807) is 20.8 Å². The maximum absolute atomic E-state index is 13.2. The summed E-state index contributed by atoms with van der Waals surface area (Å²) in [6.45, 7) is 5.26. The van der Waals surface area contributed by atoms with Crippen LogP contribution in [0.15, 0.2) is 30.4 Å². The van der Waals surface area contributed by atoms with Gasteiger partial charge in [0.15, 0.2) is 0 Å². The summed E-state index contributed by atoms with van der Waals surface area (Å²) in [5.41, 5.74) is -0.360. The lowest BCUT2D eigenvalue weighted by atomic mass is 10.1. The molecule has 0 N–H and O–H groups in total. The van der Waals surface area contributed by atoms with Crippen molar-refractivity contribution < 1.29 is 18.3 Å². The van der Waals surface area contributed by atoms with Crippen molar-refractivity contribution in [1.82, 2.24) is 0 Å². The molecule has 0 amide bonds. The normalized spacial score (nSPS) is 11.8. The number of halogens is 2. The third-order valence-electron chi connectivity index (χ3n) is 2.01. The molecular weight excluding hydrogens is 238 g/mol. The number of carbonyl (C=O) groups excluding carboxylic acids is 1. The Labute approximate surface area is 105 Å². The number of hydrogen-bond donors (Lipinski definition) is 0. The lowest BCUT2D eigenvalue weighted by Gasteiger charge is -2.17. The third-order valence-corrected chi connectivity index (χ3v) is 2.01. The van der Waals surface area contributed by atoms with Crippen molar-refractivity contribution in [3.8, 4) is 0 Å². The van der Waals surface area contributed by atoms with E-state index in [1.165, 1.54) is 12.2 Å². The summed E-state index contributed by atoms with van der Waals surface area (Å²) in [6.07, 6.45) is 2.81. The van der Waals surface area contributed by atoms with Gasteiger partial charge in [0.05, 0.1) is 0 Å². The van der Waals surface area contributed by atoms with E-state index in [0.29, 0.717) is 0 Å². The van der Waals surface area contributed by atoms with Crippen LogP contribution < -0.4 is 0 Å². The fourth-order valence-electron chi connectivity index (χ4n) is 1.32. The van der Waals surface area contributed by atoms with Gasteiger partial charge in [0, 0.05) is 6.08 Å². The third kappa shape index (κ3) is 5.08. The maximum Gasteiger partial charge on any atom is 0.330 e. The lowest BCUT2D eigenvalue weighted by Crippen LogP contribution is -2.22. The number of rotatable bonds is 3. The van der Waals surface area contributed by atoms with E-state index in [4.69, 9.17) is 4.74 Å². The summed E-state index contributed by atoms with van der Waals surface area (Å²) in [5, 5.41) is 0. The van der Waals surface area contributed by atoms with Crippen LogP contribution in [0.4, 0.5) is 8.78 Å². The molecule has 0 unspecified atom stereocenters. The standard InChI is InChI=1S/C14H16F2O2/c1-14(2,3)18-13(17)6-4-5-10-9-11(15)7-8-12(10)16/h4,6-9H,5H2,1-3H3. The van der Waals surface area contributed by atoms with Gasteiger partial charge in [-0.15, -0.1) is 0 Å². The van der Waals surface area contributed by atoms with Crippen molar-refractivity contribution in [1.29, 1.82) is 0 Å². The number of benzene rings is 1. The summed E-state index contributed by atoms with van der Waals surface area (Å²) < 4.78 is 31.2. The van der Waals surface area contributed by atoms with Gasteiger partial charge in [-0.2, -0.15) is 0 Å². The molecule has 0 fully saturated rings. The van der Waals surface area contributed by atoms with Crippen molar-refractivity contribution in [2.45, 2.75) is 32.8 Å². The summed E-state index contributed by atoms with van der Waals surface area (Å²) in [6, 6.07) is 3.22. The molecular formula is C14H16F2O2. The van der Waals surface area contributed by atoms with Gasteiger partial charge in [-0.1, -0.05) is 6.08 Å². The number of hydrogen-bond acceptors (Lipinski definition) is 2. The van der Waals surface area contributed by atoms with Gasteiger partial charge < -0.3 is 4.74 Å². The summed E-state index contributed by atoms with van der Waals surface area (Å²) >= 11 is 0. The van der Waals surface area contributed by atoms with Crippen molar-refractivity contribution >= 4 is 5.97 Å². The van der Waals surface area contributed by atoms with Crippen LogP contribution in [0.5, 0.6) is 0 Å². The average Bonchev–Trinajstić information content (AvgIpc) is 2.20. The quantitative estimate of drug-likeness (QED) is 0.610. The fraction of sp³-hybridized carbons (Fsp3) is 0.357. The van der Waals surface area contributed by atoms with E-state index < -0.39 is 23.2 Å². The number of esters is 1. The molecule has 0 saturated heterocycles. The van der Waals surface area contributed by atoms with Gasteiger partial charge in [0.25, 0.3) is 0 Å². The van der Waals surface area contributed by atoms with Gasteiger partial charge in [0.2, 0.25) is 0 Å². The molecule has 1 rings (SSSR count). The minimum atomic E-state index is -0.564. The Hall–Kier alpha value is -1.71. The van der Waals surface area contributed by atoms with Crippen LogP contribution in [-0.4, -0.2) is 11.6 Å². The molecule has 0 aliphatic carbocycles. The van der Waals surface area contributed by atoms with Crippen LogP contribution in [-0.2, 0) is 16.0 Å². The first-order chi connectivity index (χ1) is 8.28. The Morgan fingerprint density at radius 3 is 2.61 bits per heavy atom. The molecule has 4 heteroatoms. The zero-order valence-corrected chi connectivity index (χ0v) is 10.7. The van der Waals surface area contributed by atoms with Crippen LogP contribution in [0.25, 0.3) is 0 Å². The SMILES string of the molecule is CC(C)(C)OC(=O)C=CCc1cc(F)ccc1F. The van der Waals surface area contributed by atoms with Crippen molar-refractivity contribution in [2.24, 2.45) is 0 Å². The molecule has 0 aliphatic heterocycles. The molecule has 0 bridgehead atoms. The molecule has 18 heavy (non-hydrogen) atoms. The Morgan fingerprint density at radius 2 is 2.00 bits per heavy atom. The molecule has 2 nitrogen and oxygen atoms in total. The van der Waals surface area contributed by atoms with Gasteiger partial charge in [-0.25, -0.2) is 13.6 Å². The van der Waals surface area contributed by atoms with E-state index in [9.17, 15) is 13.6 Å². The van der Waals surface area contributed by atoms with E-state index in [1.807, 2.05) is 0 Å². The topological polar surface area (TPSA) is 26.3 Å². The van der Waals surface area contributed by atoms with Crippen molar-refractivity contribution in [3.63, 3.8) is 0 Å². The molecule has 0 saturated carbocycles. The van der Waals surface area contributed by atoms with Crippen LogP contribution in [0.1, 0.15) is 26.3 Å². The van der Waals surface area contributed by atoms with E-state index in [2.05, 4.69) is 0 Å². The highest BCUT2D eigenvalue weighted by molar-refractivity contribution is 5.82. The van der Waals surface area contributed by atoms with Gasteiger partial charge in [-0.3, -0.25) is 0 Å². The smallest absolute Gasteiger partial charge is 0.330 e. The second kappa shape index (κ2) is 5.76. The summed E-state index contributed by atoms with van der Waals surface area (Å²) in [7, 11) is 0. The first kappa shape index (κ1) is 14.4. The van der Waals surface area contributed by atoms with Gasteiger partial charge in [-0.05, 0) is 51.0 Å². The van der Waals surface area contributed by atoms with Crippen LogP contribution >= 0.6 is 0 Å². The molecule has 98 valence electrons. The monoisotopic (exact) mass is 254 g/mol. The zero-order valence-electron chi connectivity index (χ0n) is 10.7. The van der Waals surface area contributed by atoms with E-state index in [0.717, 1.165) is 18.2 Å². The van der Waals surface area contributed by atoms with E-state index >= 15 is 0 Å². The molecule has 1 aromatic rings. The average molecular weight is 254 g/mol. The first-order valence-electron chi connectivity index (χ1n) is 5.61. The Bertz CT molecular complexity index is 459. The second-order valence-electron chi connectivity index (χ2n) is 4.88. The molecule has 1 aromatic carbocycles. The highest BCUT2D eigenvalue weighted by atomic mass is 19.1. The minimum absolute atomic E-state index is 0.142.